The summed E-state index contributed by atoms with van der Waals surface area (Å²) >= 11 is 0. The quantitative estimate of drug-likeness (QED) is 0.0305. The summed E-state index contributed by atoms with van der Waals surface area (Å²) in [7, 11) is -4.39. The van der Waals surface area contributed by atoms with Crippen LogP contribution in [0.25, 0.3) is 0 Å². The van der Waals surface area contributed by atoms with Gasteiger partial charge in [0.1, 0.15) is 0 Å². The molecule has 0 aromatic heterocycles. The maximum absolute atomic E-state index is 12.6. The van der Waals surface area contributed by atoms with Gasteiger partial charge in [-0.25, -0.2) is 4.57 Å². The molecule has 0 bridgehead atoms. The third-order valence-corrected chi connectivity index (χ3v) is 8.32. The number of carbonyl (C=O) groups is 1. The zero-order valence-corrected chi connectivity index (χ0v) is 28.2. The van der Waals surface area contributed by atoms with Gasteiger partial charge < -0.3 is 26.2 Å². The van der Waals surface area contributed by atoms with Crippen LogP contribution in [0.2, 0.25) is 0 Å². The summed E-state index contributed by atoms with van der Waals surface area (Å²) in [5.74, 6) is -0.462. The standard InChI is InChI=1S/C33H65N2O7P/c1-3-5-7-9-11-12-13-14-15-16-17-19-21-23-25-32(37)31(29-42-43(39,40)41-27-26-34)35-33(38)28-30(36)24-22-20-18-10-8-6-4-2/h16-17,23,25,30-32,36-37H,3-15,18-22,24,26-29,34H2,1-2H3,(H,35,38)(H,39,40)/b17-16+,25-23+. The lowest BCUT2D eigenvalue weighted by molar-refractivity contribution is -0.124. The number of hydrogen-bond donors (Lipinski definition) is 5. The molecule has 0 spiro atoms. The molecule has 0 aliphatic carbocycles. The second-order valence-electron chi connectivity index (χ2n) is 11.6. The molecule has 0 saturated heterocycles. The van der Waals surface area contributed by atoms with E-state index in [1.54, 1.807) is 6.08 Å². The number of nitrogens with one attached hydrogen (secondary N) is 1. The molecule has 0 aliphatic rings. The van der Waals surface area contributed by atoms with Gasteiger partial charge in [0.2, 0.25) is 5.91 Å². The van der Waals surface area contributed by atoms with E-state index in [1.807, 2.05) is 6.08 Å². The first-order valence-electron chi connectivity index (χ1n) is 17.0. The van der Waals surface area contributed by atoms with Crippen LogP contribution in [0.5, 0.6) is 0 Å². The average Bonchev–Trinajstić information content (AvgIpc) is 2.97. The van der Waals surface area contributed by atoms with Crippen LogP contribution in [-0.4, -0.2) is 59.0 Å². The molecule has 43 heavy (non-hydrogen) atoms. The molecule has 0 aromatic rings. The van der Waals surface area contributed by atoms with Gasteiger partial charge in [0.25, 0.3) is 0 Å². The molecule has 1 amide bonds. The Morgan fingerprint density at radius 3 is 1.93 bits per heavy atom. The number of rotatable bonds is 31. The van der Waals surface area contributed by atoms with Gasteiger partial charge in [-0.15, -0.1) is 0 Å². The summed E-state index contributed by atoms with van der Waals surface area (Å²) in [6.45, 7) is 3.86. The van der Waals surface area contributed by atoms with Crippen LogP contribution in [0.3, 0.4) is 0 Å². The smallest absolute Gasteiger partial charge is 0.393 e. The van der Waals surface area contributed by atoms with Crippen molar-refractivity contribution in [2.45, 2.75) is 161 Å². The van der Waals surface area contributed by atoms with Crippen molar-refractivity contribution in [1.82, 2.24) is 5.32 Å². The lowest BCUT2D eigenvalue weighted by Crippen LogP contribution is -2.46. The third-order valence-electron chi connectivity index (χ3n) is 7.33. The Hall–Kier alpha value is -1.06. The van der Waals surface area contributed by atoms with Crippen LogP contribution >= 0.6 is 7.82 Å². The highest BCUT2D eigenvalue weighted by molar-refractivity contribution is 7.47. The van der Waals surface area contributed by atoms with Crippen molar-refractivity contribution in [3.63, 3.8) is 0 Å². The first kappa shape index (κ1) is 41.9. The number of unbranched alkanes of at least 4 members (excludes halogenated alkanes) is 15. The number of hydrogen-bond acceptors (Lipinski definition) is 7. The zero-order chi connectivity index (χ0) is 32.0. The van der Waals surface area contributed by atoms with Crippen molar-refractivity contribution in [1.29, 1.82) is 0 Å². The molecule has 0 radical (unpaired) electrons. The molecule has 4 unspecified atom stereocenters. The second-order valence-corrected chi connectivity index (χ2v) is 13.0. The number of allylic oxidation sites excluding steroid dienone is 3. The van der Waals surface area contributed by atoms with Gasteiger partial charge in [0.15, 0.2) is 0 Å². The van der Waals surface area contributed by atoms with E-state index in [0.29, 0.717) is 12.8 Å². The summed E-state index contributed by atoms with van der Waals surface area (Å²) in [4.78, 5) is 22.5. The van der Waals surface area contributed by atoms with Crippen LogP contribution < -0.4 is 11.1 Å². The number of aliphatic hydroxyl groups excluding tert-OH is 2. The van der Waals surface area contributed by atoms with Gasteiger partial charge in [-0.1, -0.05) is 128 Å². The monoisotopic (exact) mass is 632 g/mol. The van der Waals surface area contributed by atoms with E-state index in [2.05, 4.69) is 31.3 Å². The molecule has 0 aliphatic heterocycles. The number of phosphoric acid groups is 1. The van der Waals surface area contributed by atoms with Crippen molar-refractivity contribution < 1.29 is 33.5 Å². The second kappa shape index (κ2) is 29.6. The van der Waals surface area contributed by atoms with Crippen molar-refractivity contribution >= 4 is 13.7 Å². The molecule has 254 valence electrons. The first-order chi connectivity index (χ1) is 20.8. The molecule has 9 nitrogen and oxygen atoms in total. The highest BCUT2D eigenvalue weighted by Gasteiger charge is 2.27. The number of phosphoric ester groups is 1. The molecule has 10 heteroatoms. The number of aliphatic hydroxyl groups is 2. The summed E-state index contributed by atoms with van der Waals surface area (Å²) < 4.78 is 21.9. The predicted molar refractivity (Wildman–Crippen MR) is 177 cm³/mol. The third kappa shape index (κ3) is 28.2. The molecular weight excluding hydrogens is 567 g/mol. The van der Waals surface area contributed by atoms with E-state index in [0.717, 1.165) is 32.1 Å². The Bertz CT molecular complexity index is 751. The maximum atomic E-state index is 12.6. The van der Waals surface area contributed by atoms with Gasteiger partial charge in [0.05, 0.1) is 37.9 Å². The summed E-state index contributed by atoms with van der Waals surface area (Å²) in [5, 5.41) is 23.7. The topological polar surface area (TPSA) is 151 Å². The average molecular weight is 633 g/mol. The van der Waals surface area contributed by atoms with Gasteiger partial charge in [0, 0.05) is 6.54 Å². The van der Waals surface area contributed by atoms with E-state index >= 15 is 0 Å². The Morgan fingerprint density at radius 2 is 1.33 bits per heavy atom. The summed E-state index contributed by atoms with van der Waals surface area (Å²) in [6.07, 6.45) is 27.1. The molecule has 6 N–H and O–H groups in total. The minimum atomic E-state index is -4.39. The minimum Gasteiger partial charge on any atom is -0.393 e. The summed E-state index contributed by atoms with van der Waals surface area (Å²) in [6, 6.07) is -0.992. The molecule has 0 rings (SSSR count). The number of carbonyl (C=O) groups excluding carboxylic acids is 1. The Balaban J connectivity index is 4.58. The first-order valence-corrected chi connectivity index (χ1v) is 18.5. The maximum Gasteiger partial charge on any atom is 0.472 e. The largest absolute Gasteiger partial charge is 0.472 e. The highest BCUT2D eigenvalue weighted by atomic mass is 31.2. The Kier molecular flexibility index (Phi) is 28.9. The fourth-order valence-electron chi connectivity index (χ4n) is 4.72. The Labute approximate surface area is 262 Å². The van der Waals surface area contributed by atoms with Gasteiger partial charge in [-0.2, -0.15) is 0 Å². The van der Waals surface area contributed by atoms with E-state index in [1.165, 1.54) is 77.0 Å². The van der Waals surface area contributed by atoms with Gasteiger partial charge in [-0.05, 0) is 32.1 Å². The van der Waals surface area contributed by atoms with E-state index in [9.17, 15) is 24.5 Å². The van der Waals surface area contributed by atoms with Crippen molar-refractivity contribution in [3.8, 4) is 0 Å². The summed E-state index contributed by atoms with van der Waals surface area (Å²) in [5.41, 5.74) is 5.32. The SMILES string of the molecule is CCCCCCCCCC/C=C/CC/C=C/C(O)C(COP(=O)(O)OCCN)NC(=O)CC(O)CCCCCCCCC. The van der Waals surface area contributed by atoms with Crippen LogP contribution in [0.15, 0.2) is 24.3 Å². The fraction of sp³-hybridized carbons (Fsp3) is 0.848. The molecule has 4 atom stereocenters. The number of nitrogens with two attached hydrogens (primary N) is 1. The van der Waals surface area contributed by atoms with Crippen LogP contribution in [0.4, 0.5) is 0 Å². The van der Waals surface area contributed by atoms with Gasteiger partial charge >= 0.3 is 7.82 Å². The van der Waals surface area contributed by atoms with Crippen molar-refractivity contribution in [3.05, 3.63) is 24.3 Å². The van der Waals surface area contributed by atoms with E-state index in [-0.39, 0.29) is 19.6 Å². The molecule has 0 fully saturated rings. The lowest BCUT2D eigenvalue weighted by Gasteiger charge is -2.24. The molecule has 0 heterocycles. The number of amides is 1. The predicted octanol–water partition coefficient (Wildman–Crippen LogP) is 7.24. The van der Waals surface area contributed by atoms with Crippen molar-refractivity contribution in [2.24, 2.45) is 5.73 Å². The fourth-order valence-corrected chi connectivity index (χ4v) is 5.48. The van der Waals surface area contributed by atoms with E-state index < -0.39 is 38.6 Å². The normalized spacial score (nSPS) is 15.6. The zero-order valence-electron chi connectivity index (χ0n) is 27.3. The molecule has 0 aromatic carbocycles. The van der Waals surface area contributed by atoms with Crippen LogP contribution in [-0.2, 0) is 18.4 Å². The minimum absolute atomic E-state index is 0.0453. The molecular formula is C33H65N2O7P. The highest BCUT2D eigenvalue weighted by Crippen LogP contribution is 2.43. The van der Waals surface area contributed by atoms with Crippen molar-refractivity contribution in [2.75, 3.05) is 19.8 Å². The molecule has 0 saturated carbocycles. The van der Waals surface area contributed by atoms with Crippen LogP contribution in [0, 0.1) is 0 Å². The van der Waals surface area contributed by atoms with Crippen LogP contribution in [0.1, 0.15) is 142 Å². The van der Waals surface area contributed by atoms with Gasteiger partial charge in [-0.3, -0.25) is 13.8 Å². The Morgan fingerprint density at radius 1 is 0.791 bits per heavy atom. The van der Waals surface area contributed by atoms with E-state index in [4.69, 9.17) is 14.8 Å². The lowest BCUT2D eigenvalue weighted by atomic mass is 10.0.